The van der Waals surface area contributed by atoms with Crippen LogP contribution in [0.15, 0.2) is 17.0 Å². The van der Waals surface area contributed by atoms with E-state index in [0.717, 1.165) is 6.07 Å². The Balaban J connectivity index is 3.25. The number of carboxylic acids is 1. The molecule has 9 heteroatoms. The Morgan fingerprint density at radius 1 is 1.29 bits per heavy atom. The summed E-state index contributed by atoms with van der Waals surface area (Å²) in [7, 11) is -2.77. The predicted molar refractivity (Wildman–Crippen MR) is 79.6 cm³/mol. The van der Waals surface area contributed by atoms with Crippen LogP contribution in [-0.4, -0.2) is 32.6 Å². The number of nitrogens with one attached hydrogen (secondary N) is 1. The minimum atomic E-state index is -4.13. The van der Waals surface area contributed by atoms with Gasteiger partial charge in [-0.2, -0.15) is 4.72 Å². The molecule has 0 saturated carbocycles. The maximum Gasteiger partial charge on any atom is 0.322 e. The number of methoxy groups -OCH3 is 1. The SMILES string of the molecule is COc1cc(Cl)c(S(=O)(=O)N[C@H](C(=O)O)C(C)C)cc1Cl. The molecule has 0 radical (unpaired) electrons. The maximum absolute atomic E-state index is 12.3. The number of hydrogen-bond donors (Lipinski definition) is 2. The third-order valence-electron chi connectivity index (χ3n) is 2.71. The summed E-state index contributed by atoms with van der Waals surface area (Å²) in [4.78, 5) is 10.8. The monoisotopic (exact) mass is 355 g/mol. The first-order valence-electron chi connectivity index (χ1n) is 5.88. The molecule has 1 atom stereocenters. The van der Waals surface area contributed by atoms with E-state index in [1.165, 1.54) is 13.2 Å². The van der Waals surface area contributed by atoms with Crippen LogP contribution in [0.3, 0.4) is 0 Å². The molecule has 1 rings (SSSR count). The Hall–Kier alpha value is -1.02. The highest BCUT2D eigenvalue weighted by Gasteiger charge is 2.29. The molecular formula is C12H15Cl2NO5S. The van der Waals surface area contributed by atoms with E-state index in [0.29, 0.717) is 0 Å². The van der Waals surface area contributed by atoms with E-state index in [1.54, 1.807) is 13.8 Å². The Labute approximate surface area is 133 Å². The Morgan fingerprint density at radius 2 is 1.86 bits per heavy atom. The number of carbonyl (C=O) groups is 1. The van der Waals surface area contributed by atoms with Gasteiger partial charge >= 0.3 is 5.97 Å². The van der Waals surface area contributed by atoms with Gasteiger partial charge in [0.2, 0.25) is 10.0 Å². The molecule has 0 aromatic heterocycles. The zero-order valence-corrected chi connectivity index (χ0v) is 13.9. The van der Waals surface area contributed by atoms with Crippen LogP contribution in [0, 0.1) is 5.92 Å². The second-order valence-corrected chi connectivity index (χ2v) is 7.10. The van der Waals surface area contributed by atoms with Gasteiger partial charge in [-0.05, 0) is 12.0 Å². The molecule has 0 aliphatic rings. The molecule has 1 aromatic carbocycles. The van der Waals surface area contributed by atoms with Crippen molar-refractivity contribution in [3.8, 4) is 5.75 Å². The average Bonchev–Trinajstić information content (AvgIpc) is 2.37. The van der Waals surface area contributed by atoms with Crippen molar-refractivity contribution in [1.29, 1.82) is 0 Å². The van der Waals surface area contributed by atoms with Gasteiger partial charge in [-0.1, -0.05) is 37.0 Å². The van der Waals surface area contributed by atoms with Crippen LogP contribution in [0.2, 0.25) is 10.0 Å². The van der Waals surface area contributed by atoms with Gasteiger partial charge in [0.15, 0.2) is 0 Å². The maximum atomic E-state index is 12.3. The highest BCUT2D eigenvalue weighted by Crippen LogP contribution is 2.33. The highest BCUT2D eigenvalue weighted by atomic mass is 35.5. The molecule has 0 spiro atoms. The van der Waals surface area contributed by atoms with Gasteiger partial charge in [-0.3, -0.25) is 4.79 Å². The van der Waals surface area contributed by atoms with Gasteiger partial charge in [0.1, 0.15) is 16.7 Å². The molecular weight excluding hydrogens is 341 g/mol. The lowest BCUT2D eigenvalue weighted by Crippen LogP contribution is -2.44. The highest BCUT2D eigenvalue weighted by molar-refractivity contribution is 7.89. The Bertz CT molecular complexity index is 645. The minimum Gasteiger partial charge on any atom is -0.495 e. The van der Waals surface area contributed by atoms with Gasteiger partial charge in [-0.15, -0.1) is 0 Å². The van der Waals surface area contributed by atoms with E-state index in [-0.39, 0.29) is 20.7 Å². The summed E-state index contributed by atoms with van der Waals surface area (Å²) in [5.41, 5.74) is 0. The molecule has 118 valence electrons. The van der Waals surface area contributed by atoms with Crippen molar-refractivity contribution in [1.82, 2.24) is 4.72 Å². The third kappa shape index (κ3) is 4.23. The minimum absolute atomic E-state index is 0.0543. The van der Waals surface area contributed by atoms with E-state index >= 15 is 0 Å². The number of rotatable bonds is 6. The van der Waals surface area contributed by atoms with Crippen molar-refractivity contribution in [3.63, 3.8) is 0 Å². The first kappa shape index (κ1) is 18.0. The molecule has 0 aliphatic heterocycles. The van der Waals surface area contributed by atoms with E-state index in [4.69, 9.17) is 33.0 Å². The first-order chi connectivity index (χ1) is 9.60. The summed E-state index contributed by atoms with van der Waals surface area (Å²) in [6.45, 7) is 3.17. The number of hydrogen-bond acceptors (Lipinski definition) is 4. The van der Waals surface area contributed by atoms with Crippen molar-refractivity contribution in [2.45, 2.75) is 24.8 Å². The number of carboxylic acid groups (broad SMARTS) is 1. The van der Waals surface area contributed by atoms with Gasteiger partial charge in [0.25, 0.3) is 0 Å². The summed E-state index contributed by atoms with van der Waals surface area (Å²) in [5.74, 6) is -1.49. The van der Waals surface area contributed by atoms with Crippen molar-refractivity contribution < 1.29 is 23.1 Å². The van der Waals surface area contributed by atoms with Crippen molar-refractivity contribution in [3.05, 3.63) is 22.2 Å². The zero-order chi connectivity index (χ0) is 16.4. The molecule has 0 saturated heterocycles. The van der Waals surface area contributed by atoms with E-state index in [2.05, 4.69) is 4.72 Å². The van der Waals surface area contributed by atoms with Crippen molar-refractivity contribution in [2.75, 3.05) is 7.11 Å². The largest absolute Gasteiger partial charge is 0.495 e. The molecule has 0 fully saturated rings. The van der Waals surface area contributed by atoms with Crippen LogP contribution < -0.4 is 9.46 Å². The van der Waals surface area contributed by atoms with Gasteiger partial charge in [0, 0.05) is 6.07 Å². The summed E-state index contributed by atoms with van der Waals surface area (Å²) >= 11 is 11.8. The zero-order valence-electron chi connectivity index (χ0n) is 11.6. The van der Waals surface area contributed by atoms with Crippen molar-refractivity contribution >= 4 is 39.2 Å². The molecule has 0 aliphatic carbocycles. The molecule has 0 bridgehead atoms. The molecule has 1 aromatic rings. The summed E-state index contributed by atoms with van der Waals surface area (Å²) in [6, 6.07) is 1.10. The topological polar surface area (TPSA) is 92.7 Å². The second-order valence-electron chi connectivity index (χ2n) is 4.60. The molecule has 2 N–H and O–H groups in total. The third-order valence-corrected chi connectivity index (χ3v) is 4.91. The lowest BCUT2D eigenvalue weighted by Gasteiger charge is -2.18. The van der Waals surface area contributed by atoms with Crippen LogP contribution >= 0.6 is 23.2 Å². The molecule has 21 heavy (non-hydrogen) atoms. The standard InChI is InChI=1S/C12H15Cl2NO5S/c1-6(2)11(12(16)17)15-21(18,19)10-5-7(13)9(20-3)4-8(10)14/h4-6,11,15H,1-3H3,(H,16,17)/t11-/m0/s1. The fourth-order valence-corrected chi connectivity index (χ4v) is 3.76. The van der Waals surface area contributed by atoms with Gasteiger partial charge in [-0.25, -0.2) is 8.42 Å². The molecule has 0 heterocycles. The Morgan fingerprint density at radius 3 is 2.29 bits per heavy atom. The number of sulfonamides is 1. The lowest BCUT2D eigenvalue weighted by molar-refractivity contribution is -0.140. The average molecular weight is 356 g/mol. The fourth-order valence-electron chi connectivity index (χ4n) is 1.57. The molecule has 0 unspecified atom stereocenters. The van der Waals surface area contributed by atoms with Crippen LogP contribution in [0.4, 0.5) is 0 Å². The Kier molecular flexibility index (Phi) is 5.86. The van der Waals surface area contributed by atoms with Gasteiger partial charge < -0.3 is 9.84 Å². The summed E-state index contributed by atoms with van der Waals surface area (Å²) in [5, 5.41) is 8.99. The first-order valence-corrected chi connectivity index (χ1v) is 8.12. The fraction of sp³-hybridized carbons (Fsp3) is 0.417. The number of benzene rings is 1. The number of halogens is 2. The summed E-state index contributed by atoms with van der Waals surface area (Å²) < 4.78 is 31.6. The molecule has 6 nitrogen and oxygen atoms in total. The number of ether oxygens (including phenoxy) is 1. The predicted octanol–water partition coefficient (Wildman–Crippen LogP) is 2.39. The van der Waals surface area contributed by atoms with E-state index < -0.39 is 28.0 Å². The quantitative estimate of drug-likeness (QED) is 0.817. The summed E-state index contributed by atoms with van der Waals surface area (Å²) in [6.07, 6.45) is 0. The molecule has 0 amide bonds. The van der Waals surface area contributed by atoms with Crippen LogP contribution in [0.25, 0.3) is 0 Å². The van der Waals surface area contributed by atoms with Crippen molar-refractivity contribution in [2.24, 2.45) is 5.92 Å². The smallest absolute Gasteiger partial charge is 0.322 e. The van der Waals surface area contributed by atoms with E-state index in [1.807, 2.05) is 0 Å². The van der Waals surface area contributed by atoms with Gasteiger partial charge in [0.05, 0.1) is 17.2 Å². The number of aliphatic carboxylic acids is 1. The van der Waals surface area contributed by atoms with E-state index in [9.17, 15) is 13.2 Å². The van der Waals surface area contributed by atoms with Crippen LogP contribution in [0.1, 0.15) is 13.8 Å². The van der Waals surface area contributed by atoms with Crippen LogP contribution in [-0.2, 0) is 14.8 Å². The van der Waals surface area contributed by atoms with Crippen LogP contribution in [0.5, 0.6) is 5.75 Å². The normalized spacial score (nSPS) is 13.2. The second kappa shape index (κ2) is 6.83. The lowest BCUT2D eigenvalue weighted by atomic mass is 10.1.